The van der Waals surface area contributed by atoms with E-state index in [-0.39, 0.29) is 17.2 Å². The highest BCUT2D eigenvalue weighted by atomic mass is 32.2. The van der Waals surface area contributed by atoms with E-state index in [9.17, 15) is 19.8 Å². The Morgan fingerprint density at radius 3 is 2.42 bits per heavy atom. The predicted octanol–water partition coefficient (Wildman–Crippen LogP) is 6.25. The molecule has 0 heterocycles. The van der Waals surface area contributed by atoms with Crippen LogP contribution in [0.5, 0.6) is 0 Å². The van der Waals surface area contributed by atoms with Crippen molar-refractivity contribution in [3.8, 4) is 0 Å². The maximum absolute atomic E-state index is 11.2. The zero-order valence-electron chi connectivity index (χ0n) is 18.4. The van der Waals surface area contributed by atoms with Crippen LogP contribution in [0, 0.1) is 0 Å². The first kappa shape index (κ1) is 27.0. The Labute approximate surface area is 190 Å². The predicted molar refractivity (Wildman–Crippen MR) is 128 cm³/mol. The molecule has 2 atom stereocenters. The highest BCUT2D eigenvalue weighted by Crippen LogP contribution is 2.29. The van der Waals surface area contributed by atoms with Crippen LogP contribution in [0.3, 0.4) is 0 Å². The van der Waals surface area contributed by atoms with E-state index in [1.165, 1.54) is 62.4 Å². The first-order valence-electron chi connectivity index (χ1n) is 11.1. The summed E-state index contributed by atoms with van der Waals surface area (Å²) in [6.45, 7) is 2.22. The third-order valence-electron chi connectivity index (χ3n) is 4.93. The molecule has 31 heavy (non-hydrogen) atoms. The summed E-state index contributed by atoms with van der Waals surface area (Å²) < 4.78 is 0. The quantitative estimate of drug-likeness (QED) is 0.193. The average Bonchev–Trinajstić information content (AvgIpc) is 2.75. The normalized spacial score (nSPS) is 13.6. The minimum atomic E-state index is -1.05. The van der Waals surface area contributed by atoms with Crippen LogP contribution in [0.1, 0.15) is 86.7 Å². The first-order chi connectivity index (χ1) is 15.0. The van der Waals surface area contributed by atoms with Gasteiger partial charge in [0.05, 0.1) is 23.3 Å². The smallest absolute Gasteiger partial charge is 0.335 e. The SMILES string of the molecule is CCCCCCCCC/C=C\C=C\[C@@H](SCCC(=O)O)[C@@H](O)c1cccc(C(=O)O)c1. The van der Waals surface area contributed by atoms with Crippen molar-refractivity contribution in [2.24, 2.45) is 0 Å². The number of unbranched alkanes of at least 4 members (excludes halogenated alkanes) is 7. The summed E-state index contributed by atoms with van der Waals surface area (Å²) in [7, 11) is 0. The summed E-state index contributed by atoms with van der Waals surface area (Å²) in [4.78, 5) is 22.0. The Bertz CT molecular complexity index is 714. The number of aromatic carboxylic acids is 1. The average molecular weight is 449 g/mol. The highest BCUT2D eigenvalue weighted by Gasteiger charge is 2.20. The molecule has 5 nitrogen and oxygen atoms in total. The van der Waals surface area contributed by atoms with Crippen molar-refractivity contribution >= 4 is 23.7 Å². The number of thioether (sulfide) groups is 1. The molecule has 0 spiro atoms. The Balaban J connectivity index is 2.59. The Kier molecular flexibility index (Phi) is 14.5. The van der Waals surface area contributed by atoms with Gasteiger partial charge in [0.25, 0.3) is 0 Å². The van der Waals surface area contributed by atoms with Crippen molar-refractivity contribution in [1.29, 1.82) is 0 Å². The summed E-state index contributed by atoms with van der Waals surface area (Å²) in [6.07, 6.45) is 16.8. The Morgan fingerprint density at radius 2 is 1.74 bits per heavy atom. The topological polar surface area (TPSA) is 94.8 Å². The lowest BCUT2D eigenvalue weighted by molar-refractivity contribution is -0.136. The number of carbonyl (C=O) groups is 2. The van der Waals surface area contributed by atoms with Crippen LogP contribution < -0.4 is 0 Å². The molecule has 1 aromatic rings. The van der Waals surface area contributed by atoms with Gasteiger partial charge in [-0.15, -0.1) is 0 Å². The Hall–Kier alpha value is -2.05. The lowest BCUT2D eigenvalue weighted by Crippen LogP contribution is -2.15. The molecule has 3 N–H and O–H groups in total. The summed E-state index contributed by atoms with van der Waals surface area (Å²) in [5.41, 5.74) is 0.619. The van der Waals surface area contributed by atoms with E-state index in [1.807, 2.05) is 18.2 Å². The third kappa shape index (κ3) is 12.4. The van der Waals surface area contributed by atoms with E-state index in [0.29, 0.717) is 11.3 Å². The molecule has 0 aromatic heterocycles. The first-order valence-corrected chi connectivity index (χ1v) is 12.2. The number of aliphatic carboxylic acids is 1. The highest BCUT2D eigenvalue weighted by molar-refractivity contribution is 8.00. The standard InChI is InChI=1S/C25H36O5S/c1-2-3-4-5-6-7-8-9-10-11-12-16-22(31-18-17-23(26)27)24(28)20-14-13-15-21(19-20)25(29)30/h10-16,19,22,24,28H,2-9,17-18H2,1H3,(H,26,27)(H,29,30)/b11-10-,16-12+/t22-,24+/m1/s1. The number of benzene rings is 1. The number of hydrogen-bond donors (Lipinski definition) is 3. The zero-order valence-corrected chi connectivity index (χ0v) is 19.2. The maximum atomic E-state index is 11.2. The molecule has 0 saturated heterocycles. The van der Waals surface area contributed by atoms with E-state index >= 15 is 0 Å². The third-order valence-corrected chi connectivity index (χ3v) is 6.17. The van der Waals surface area contributed by atoms with Gasteiger partial charge in [0.15, 0.2) is 0 Å². The fourth-order valence-electron chi connectivity index (χ4n) is 3.15. The van der Waals surface area contributed by atoms with Crippen molar-refractivity contribution in [3.05, 3.63) is 59.7 Å². The summed E-state index contributed by atoms with van der Waals surface area (Å²) in [6, 6.07) is 6.23. The van der Waals surface area contributed by atoms with Gasteiger partial charge in [-0.3, -0.25) is 4.79 Å². The van der Waals surface area contributed by atoms with Gasteiger partial charge in [0.1, 0.15) is 0 Å². The lowest BCUT2D eigenvalue weighted by Gasteiger charge is -2.20. The number of hydrogen-bond acceptors (Lipinski definition) is 4. The molecule has 0 amide bonds. The number of aliphatic hydroxyl groups is 1. The van der Waals surface area contributed by atoms with Crippen LogP contribution in [0.25, 0.3) is 0 Å². The molecular formula is C25H36O5S. The maximum Gasteiger partial charge on any atom is 0.335 e. The van der Waals surface area contributed by atoms with Crippen molar-refractivity contribution < 1.29 is 24.9 Å². The molecule has 0 saturated carbocycles. The van der Waals surface area contributed by atoms with Gasteiger partial charge in [0, 0.05) is 5.75 Å². The van der Waals surface area contributed by atoms with Crippen LogP contribution in [-0.2, 0) is 4.79 Å². The summed E-state index contributed by atoms with van der Waals surface area (Å²) in [5.74, 6) is -1.57. The van der Waals surface area contributed by atoms with Crippen LogP contribution in [0.4, 0.5) is 0 Å². The van der Waals surface area contributed by atoms with Crippen molar-refractivity contribution in [2.45, 2.75) is 76.1 Å². The molecule has 0 bridgehead atoms. The van der Waals surface area contributed by atoms with Crippen LogP contribution in [-0.4, -0.2) is 38.3 Å². The fourth-order valence-corrected chi connectivity index (χ4v) is 4.25. The molecule has 0 radical (unpaired) electrons. The number of carboxylic acid groups (broad SMARTS) is 2. The van der Waals surface area contributed by atoms with Crippen LogP contribution in [0.15, 0.2) is 48.6 Å². The molecular weight excluding hydrogens is 412 g/mol. The van der Waals surface area contributed by atoms with Gasteiger partial charge >= 0.3 is 11.9 Å². The minimum absolute atomic E-state index is 0.00495. The number of carboxylic acids is 2. The molecule has 0 aliphatic heterocycles. The largest absolute Gasteiger partial charge is 0.481 e. The second-order valence-electron chi connectivity index (χ2n) is 7.58. The lowest BCUT2D eigenvalue weighted by atomic mass is 10.0. The fraction of sp³-hybridized carbons (Fsp3) is 0.520. The zero-order chi connectivity index (χ0) is 22.9. The van der Waals surface area contributed by atoms with E-state index < -0.39 is 18.0 Å². The van der Waals surface area contributed by atoms with Gasteiger partial charge in [-0.05, 0) is 30.5 Å². The number of allylic oxidation sites excluding steroid dienone is 3. The van der Waals surface area contributed by atoms with E-state index in [0.717, 1.165) is 12.8 Å². The Morgan fingerprint density at radius 1 is 1.03 bits per heavy atom. The molecule has 0 aliphatic rings. The molecule has 172 valence electrons. The van der Waals surface area contributed by atoms with E-state index in [1.54, 1.807) is 12.1 Å². The van der Waals surface area contributed by atoms with Crippen molar-refractivity contribution in [1.82, 2.24) is 0 Å². The minimum Gasteiger partial charge on any atom is -0.481 e. The van der Waals surface area contributed by atoms with Crippen LogP contribution in [0.2, 0.25) is 0 Å². The molecule has 0 aliphatic carbocycles. The molecule has 0 fully saturated rings. The monoisotopic (exact) mass is 448 g/mol. The van der Waals surface area contributed by atoms with E-state index in [2.05, 4.69) is 13.0 Å². The van der Waals surface area contributed by atoms with Gasteiger partial charge in [0.2, 0.25) is 0 Å². The number of rotatable bonds is 17. The molecule has 1 aromatic carbocycles. The second-order valence-corrected chi connectivity index (χ2v) is 8.86. The van der Waals surface area contributed by atoms with Gasteiger partial charge in [-0.1, -0.05) is 81.9 Å². The van der Waals surface area contributed by atoms with Crippen molar-refractivity contribution in [2.75, 3.05) is 5.75 Å². The number of aliphatic hydroxyl groups excluding tert-OH is 1. The van der Waals surface area contributed by atoms with Crippen molar-refractivity contribution in [3.63, 3.8) is 0 Å². The summed E-state index contributed by atoms with van der Waals surface area (Å²) >= 11 is 1.35. The second kappa shape index (κ2) is 16.6. The van der Waals surface area contributed by atoms with Gasteiger partial charge in [-0.25, -0.2) is 4.79 Å². The summed E-state index contributed by atoms with van der Waals surface area (Å²) in [5, 5.41) is 28.5. The van der Waals surface area contributed by atoms with Crippen LogP contribution >= 0.6 is 11.8 Å². The van der Waals surface area contributed by atoms with E-state index in [4.69, 9.17) is 5.11 Å². The van der Waals surface area contributed by atoms with Gasteiger partial charge < -0.3 is 15.3 Å². The molecule has 6 heteroatoms. The van der Waals surface area contributed by atoms with Gasteiger partial charge in [-0.2, -0.15) is 11.8 Å². The molecule has 0 unspecified atom stereocenters. The molecule has 1 rings (SSSR count).